The van der Waals surface area contributed by atoms with Crippen molar-refractivity contribution in [3.8, 4) is 22.6 Å². The van der Waals surface area contributed by atoms with Gasteiger partial charge in [-0.3, -0.25) is 4.79 Å². The average molecular weight is 765 g/mol. The number of benzene rings is 4. The molecule has 0 bridgehead atoms. The number of fused-ring (bicyclic) bond motifs is 3. The lowest BCUT2D eigenvalue weighted by molar-refractivity contribution is 0.275. The van der Waals surface area contributed by atoms with Crippen LogP contribution in [0.25, 0.3) is 11.1 Å². The molecule has 0 saturated heterocycles. The Morgan fingerprint density at radius 2 is 0.914 bits per heavy atom. The highest BCUT2D eigenvalue weighted by molar-refractivity contribution is 9.11. The third-order valence-electron chi connectivity index (χ3n) is 5.85. The van der Waals surface area contributed by atoms with Crippen LogP contribution >= 0.6 is 86.9 Å². The Kier molecular flexibility index (Phi) is 8.06. The number of rotatable bonds is 2. The van der Waals surface area contributed by atoms with Crippen LogP contribution in [-0.2, 0) is 5.41 Å². The van der Waals surface area contributed by atoms with E-state index in [-0.39, 0.29) is 11.5 Å². The number of aromatic hydroxyl groups is 2. The first-order valence-corrected chi connectivity index (χ1v) is 13.9. The number of halogens is 6. The number of phenolic OH excluding ortho intramolecular Hbond substituents is 2. The van der Waals surface area contributed by atoms with Crippen molar-refractivity contribution in [2.45, 2.75) is 5.41 Å². The molecular formula is C26H14Br4Cl2O3. The fourth-order valence-corrected chi connectivity index (χ4v) is 6.96. The summed E-state index contributed by atoms with van der Waals surface area (Å²) in [5.41, 5.74) is 5.95. The average Bonchev–Trinajstić information content (AvgIpc) is 3.11. The first-order valence-electron chi connectivity index (χ1n) is 10.00. The van der Waals surface area contributed by atoms with Gasteiger partial charge < -0.3 is 10.2 Å². The summed E-state index contributed by atoms with van der Waals surface area (Å²) in [6, 6.07) is 24.7. The highest BCUT2D eigenvalue weighted by Gasteiger charge is 2.46. The quantitative estimate of drug-likeness (QED) is 0.176. The topological polar surface area (TPSA) is 57.5 Å². The third-order valence-corrected chi connectivity index (χ3v) is 8.27. The van der Waals surface area contributed by atoms with Crippen molar-refractivity contribution in [2.75, 3.05) is 0 Å². The van der Waals surface area contributed by atoms with Gasteiger partial charge in [0.05, 0.1) is 23.3 Å². The lowest BCUT2D eigenvalue weighted by Gasteiger charge is -2.34. The summed E-state index contributed by atoms with van der Waals surface area (Å²) >= 11 is 22.9. The molecule has 1 aliphatic rings. The summed E-state index contributed by atoms with van der Waals surface area (Å²) in [5.74, 6) is 0.318. The molecule has 0 radical (unpaired) electrons. The highest BCUT2D eigenvalue weighted by Crippen LogP contribution is 2.58. The molecule has 0 spiro atoms. The molecule has 9 heteroatoms. The Morgan fingerprint density at radius 3 is 1.23 bits per heavy atom. The summed E-state index contributed by atoms with van der Waals surface area (Å²) in [6.45, 7) is 0. The van der Waals surface area contributed by atoms with E-state index < -0.39 is 10.1 Å². The van der Waals surface area contributed by atoms with E-state index in [1.54, 1.807) is 0 Å². The number of carbonyl (C=O) groups is 1. The van der Waals surface area contributed by atoms with Gasteiger partial charge >= 0.3 is 4.70 Å². The molecule has 1 aliphatic carbocycles. The number of hydrogen-bond donors (Lipinski definition) is 2. The summed E-state index contributed by atoms with van der Waals surface area (Å²) in [7, 11) is 0. The molecule has 0 aliphatic heterocycles. The van der Waals surface area contributed by atoms with Gasteiger partial charge in [-0.15, -0.1) is 0 Å². The van der Waals surface area contributed by atoms with Crippen molar-refractivity contribution in [1.29, 1.82) is 0 Å². The molecular weight excluding hydrogens is 751 g/mol. The largest absolute Gasteiger partial charge is 0.506 e. The molecule has 2 N–H and O–H groups in total. The predicted molar refractivity (Wildman–Crippen MR) is 155 cm³/mol. The van der Waals surface area contributed by atoms with Crippen LogP contribution in [-0.4, -0.2) is 14.9 Å². The van der Waals surface area contributed by atoms with E-state index in [1.807, 2.05) is 24.3 Å². The summed E-state index contributed by atoms with van der Waals surface area (Å²) in [6.07, 6.45) is 0. The summed E-state index contributed by atoms with van der Waals surface area (Å²) in [4.78, 5) is 8.98. The Hall–Kier alpha value is -1.35. The van der Waals surface area contributed by atoms with Gasteiger partial charge in [-0.1, -0.05) is 48.5 Å². The van der Waals surface area contributed by atoms with E-state index in [0.717, 1.165) is 22.3 Å². The van der Waals surface area contributed by atoms with Crippen LogP contribution < -0.4 is 0 Å². The maximum Gasteiger partial charge on any atom is 0.313 e. The van der Waals surface area contributed by atoms with Gasteiger partial charge in [0.1, 0.15) is 11.5 Å². The van der Waals surface area contributed by atoms with Crippen LogP contribution in [0.2, 0.25) is 0 Å². The molecule has 178 valence electrons. The molecule has 0 aromatic heterocycles. The standard InChI is InChI=1S/C25H14Br4O2.CCl2O/c26-19-9-13(10-20(27)23(19)30)25(14-11-21(28)24(31)22(29)12-14)17-7-3-1-5-15(17)16-6-2-4-8-18(16)25;2-1(3)4/h1-12,30-31H;. The fourth-order valence-electron chi connectivity index (χ4n) is 4.59. The highest BCUT2D eigenvalue weighted by atomic mass is 79.9. The van der Waals surface area contributed by atoms with E-state index in [9.17, 15) is 10.2 Å². The zero-order chi connectivity index (χ0) is 25.5. The predicted octanol–water partition coefficient (Wildman–Crippen LogP) is 10.1. The monoisotopic (exact) mass is 760 g/mol. The van der Waals surface area contributed by atoms with Gasteiger partial charge in [0, 0.05) is 0 Å². The molecule has 0 fully saturated rings. The van der Waals surface area contributed by atoms with Crippen molar-refractivity contribution in [1.82, 2.24) is 0 Å². The third kappa shape index (κ3) is 4.72. The van der Waals surface area contributed by atoms with E-state index in [2.05, 4.69) is 135 Å². The molecule has 5 rings (SSSR count). The van der Waals surface area contributed by atoms with Gasteiger partial charge in [-0.2, -0.15) is 0 Å². The second-order valence-electron chi connectivity index (χ2n) is 7.64. The van der Waals surface area contributed by atoms with Crippen LogP contribution in [0.1, 0.15) is 22.3 Å². The minimum atomic E-state index is -0.889. The minimum absolute atomic E-state index is 0.159. The molecule has 4 aromatic carbocycles. The van der Waals surface area contributed by atoms with E-state index >= 15 is 0 Å². The number of phenols is 2. The van der Waals surface area contributed by atoms with Crippen LogP contribution in [0.4, 0.5) is 4.79 Å². The molecule has 3 nitrogen and oxygen atoms in total. The second kappa shape index (κ2) is 10.6. The Morgan fingerprint density at radius 1 is 0.629 bits per heavy atom. The summed E-state index contributed by atoms with van der Waals surface area (Å²) in [5, 5.41) is 20.8. The second-order valence-corrected chi connectivity index (χ2v) is 11.9. The van der Waals surface area contributed by atoms with Crippen molar-refractivity contribution in [3.63, 3.8) is 0 Å². The molecule has 35 heavy (non-hydrogen) atoms. The first kappa shape index (κ1) is 26.7. The molecule has 0 atom stereocenters. The van der Waals surface area contributed by atoms with Gasteiger partial charge in [0.15, 0.2) is 0 Å². The molecule has 0 unspecified atom stereocenters. The van der Waals surface area contributed by atoms with Gasteiger partial charge in [-0.05, 0) is 145 Å². The van der Waals surface area contributed by atoms with Crippen molar-refractivity contribution in [2.24, 2.45) is 0 Å². The smallest absolute Gasteiger partial charge is 0.313 e. The van der Waals surface area contributed by atoms with E-state index in [4.69, 9.17) is 4.79 Å². The zero-order valence-electron chi connectivity index (χ0n) is 17.5. The fraction of sp³-hybridized carbons (Fsp3) is 0.0385. The van der Waals surface area contributed by atoms with Gasteiger partial charge in [-0.25, -0.2) is 0 Å². The Labute approximate surface area is 245 Å². The molecule has 0 saturated carbocycles. The van der Waals surface area contributed by atoms with E-state index in [1.165, 1.54) is 11.1 Å². The Balaban J connectivity index is 0.000000672. The van der Waals surface area contributed by atoms with Crippen molar-refractivity contribution >= 4 is 91.6 Å². The lowest BCUT2D eigenvalue weighted by Crippen LogP contribution is -2.28. The Bertz CT molecular complexity index is 1320. The van der Waals surface area contributed by atoms with Crippen LogP contribution in [0, 0.1) is 0 Å². The van der Waals surface area contributed by atoms with Gasteiger partial charge in [0.2, 0.25) is 0 Å². The SMILES string of the molecule is O=C(Cl)Cl.Oc1c(Br)cc(C2(c3cc(Br)c(O)c(Br)c3)c3ccccc3-c3ccccc32)cc1Br. The van der Waals surface area contributed by atoms with Crippen LogP contribution in [0.3, 0.4) is 0 Å². The zero-order valence-corrected chi connectivity index (χ0v) is 25.4. The number of hydrogen-bond acceptors (Lipinski definition) is 3. The van der Waals surface area contributed by atoms with Crippen LogP contribution in [0.15, 0.2) is 90.7 Å². The maximum absolute atomic E-state index is 10.4. The van der Waals surface area contributed by atoms with E-state index in [0.29, 0.717) is 17.9 Å². The van der Waals surface area contributed by atoms with Crippen molar-refractivity contribution < 1.29 is 15.0 Å². The molecule has 0 amide bonds. The number of carbonyl (C=O) groups excluding carboxylic acids is 1. The molecule has 4 aromatic rings. The summed E-state index contributed by atoms with van der Waals surface area (Å²) < 4.78 is 1.54. The van der Waals surface area contributed by atoms with Crippen molar-refractivity contribution in [3.05, 3.63) is 113 Å². The molecule has 0 heterocycles. The lowest BCUT2D eigenvalue weighted by atomic mass is 9.67. The normalized spacial score (nSPS) is 12.9. The maximum atomic E-state index is 10.4. The minimum Gasteiger partial charge on any atom is -0.506 e. The first-order chi connectivity index (χ1) is 16.6. The van der Waals surface area contributed by atoms with Crippen LogP contribution in [0.5, 0.6) is 11.5 Å². The van der Waals surface area contributed by atoms with Gasteiger partial charge in [0.25, 0.3) is 0 Å².